The van der Waals surface area contributed by atoms with Crippen LogP contribution < -0.4 is 0 Å². The first-order valence-electron chi connectivity index (χ1n) is 5.34. The summed E-state index contributed by atoms with van der Waals surface area (Å²) in [5.74, 6) is -0.204. The normalized spacial score (nSPS) is 49.3. The van der Waals surface area contributed by atoms with Crippen molar-refractivity contribution in [2.24, 2.45) is 5.92 Å². The molecule has 2 bridgehead atoms. The largest absolute Gasteiger partial charge is 0.314 e. The van der Waals surface area contributed by atoms with E-state index in [1.54, 1.807) is 0 Å². The third-order valence-electron chi connectivity index (χ3n) is 3.74. The van der Waals surface area contributed by atoms with Crippen molar-refractivity contribution in [3.05, 3.63) is 0 Å². The predicted octanol–water partition coefficient (Wildman–Crippen LogP) is 2.32. The average Bonchev–Trinajstić information content (AvgIpc) is 2.12. The maximum absolute atomic E-state index is 14.0. The fraction of sp³-hybridized carbons (Fsp3) is 1.00. The lowest BCUT2D eigenvalue weighted by atomic mass is 9.70. The molecule has 14 heavy (non-hydrogen) atoms. The van der Waals surface area contributed by atoms with E-state index in [1.165, 1.54) is 0 Å². The van der Waals surface area contributed by atoms with Crippen LogP contribution in [0.2, 0.25) is 0 Å². The van der Waals surface area contributed by atoms with Crippen molar-refractivity contribution >= 4 is 0 Å². The van der Waals surface area contributed by atoms with Gasteiger partial charge in [0.25, 0.3) is 0 Å². The summed E-state index contributed by atoms with van der Waals surface area (Å²) < 4.78 is 27.6. The van der Waals surface area contributed by atoms with Gasteiger partial charge in [0.05, 0.1) is 0 Å². The molecule has 2 nitrogen and oxygen atoms in total. The lowest BCUT2D eigenvalue weighted by Crippen LogP contribution is -2.57. The molecule has 1 saturated carbocycles. The molecule has 82 valence electrons. The van der Waals surface area contributed by atoms with Gasteiger partial charge in [-0.3, -0.25) is 0 Å². The van der Waals surface area contributed by atoms with Gasteiger partial charge in [0, 0.05) is 24.9 Å². The van der Waals surface area contributed by atoms with Gasteiger partial charge >= 0.3 is 0 Å². The minimum atomic E-state index is -1.37. The van der Waals surface area contributed by atoms with Crippen molar-refractivity contribution in [2.75, 3.05) is 6.54 Å². The number of halogens is 2. The zero-order valence-electron chi connectivity index (χ0n) is 8.42. The second-order valence-electron chi connectivity index (χ2n) is 4.63. The Morgan fingerprint density at radius 3 is 2.86 bits per heavy atom. The lowest BCUT2D eigenvalue weighted by molar-refractivity contribution is -0.209. The van der Waals surface area contributed by atoms with E-state index < -0.39 is 11.8 Å². The monoisotopic (exact) mass is 205 g/mol. The molecule has 1 N–H and O–H groups in total. The summed E-state index contributed by atoms with van der Waals surface area (Å²) in [5, 5.41) is 10.7. The van der Waals surface area contributed by atoms with Crippen LogP contribution in [0.5, 0.6) is 0 Å². The van der Waals surface area contributed by atoms with Gasteiger partial charge in [-0.15, -0.1) is 0 Å². The molecule has 0 aromatic rings. The molecule has 4 heteroatoms. The molecule has 1 heterocycles. The zero-order chi connectivity index (χ0) is 10.3. The van der Waals surface area contributed by atoms with Crippen LogP contribution in [0.3, 0.4) is 0 Å². The Bertz CT molecular complexity index is 226. The maximum atomic E-state index is 14.0. The van der Waals surface area contributed by atoms with Crippen molar-refractivity contribution in [1.82, 2.24) is 5.06 Å². The third kappa shape index (κ3) is 1.54. The number of fused-ring (bicyclic) bond motifs is 2. The van der Waals surface area contributed by atoms with Crippen LogP contribution in [-0.2, 0) is 0 Å². The molecule has 2 fully saturated rings. The fourth-order valence-corrected chi connectivity index (χ4v) is 2.89. The fourth-order valence-electron chi connectivity index (χ4n) is 2.89. The summed E-state index contributed by atoms with van der Waals surface area (Å²) in [5.41, 5.74) is -1.37. The summed E-state index contributed by atoms with van der Waals surface area (Å²) >= 11 is 0. The van der Waals surface area contributed by atoms with E-state index in [-0.39, 0.29) is 24.8 Å². The van der Waals surface area contributed by atoms with Crippen molar-refractivity contribution < 1.29 is 14.0 Å². The molecule has 2 rings (SSSR count). The Labute approximate surface area is 82.9 Å². The van der Waals surface area contributed by atoms with E-state index >= 15 is 0 Å². The second kappa shape index (κ2) is 3.42. The molecule has 0 amide bonds. The Morgan fingerprint density at radius 2 is 2.21 bits per heavy atom. The van der Waals surface area contributed by atoms with E-state index in [0.717, 1.165) is 5.06 Å². The summed E-state index contributed by atoms with van der Waals surface area (Å²) in [4.78, 5) is 0. The molecule has 0 aromatic heterocycles. The molecular formula is C10H17F2NO. The summed E-state index contributed by atoms with van der Waals surface area (Å²) in [6, 6.07) is -0.317. The minimum Gasteiger partial charge on any atom is -0.314 e. The highest BCUT2D eigenvalue weighted by molar-refractivity contribution is 5.01. The Morgan fingerprint density at radius 1 is 1.50 bits per heavy atom. The van der Waals surface area contributed by atoms with E-state index in [0.29, 0.717) is 19.4 Å². The van der Waals surface area contributed by atoms with Crippen molar-refractivity contribution in [3.8, 4) is 0 Å². The first kappa shape index (κ1) is 10.3. The van der Waals surface area contributed by atoms with E-state index in [2.05, 4.69) is 0 Å². The predicted molar refractivity (Wildman–Crippen MR) is 48.6 cm³/mol. The number of hydrogen-bond acceptors (Lipinski definition) is 2. The number of nitrogens with zero attached hydrogens (tertiary/aromatic N) is 1. The van der Waals surface area contributed by atoms with Crippen LogP contribution in [0.4, 0.5) is 8.78 Å². The smallest absolute Gasteiger partial charge is 0.116 e. The molecule has 1 saturated heterocycles. The molecule has 0 aromatic carbocycles. The first-order chi connectivity index (χ1) is 6.56. The van der Waals surface area contributed by atoms with E-state index in [9.17, 15) is 14.0 Å². The molecule has 0 radical (unpaired) electrons. The van der Waals surface area contributed by atoms with Crippen molar-refractivity contribution in [2.45, 2.75) is 50.5 Å². The van der Waals surface area contributed by atoms with Gasteiger partial charge in [0.1, 0.15) is 11.8 Å². The van der Waals surface area contributed by atoms with E-state index in [4.69, 9.17) is 0 Å². The van der Waals surface area contributed by atoms with Gasteiger partial charge in [0.15, 0.2) is 0 Å². The standard InChI is InChI=1S/C10H17F2NO/c1-2-7-8(11)5-10(12)3-4-13(14)9(7)6-10/h7-9,14H,2-6H2,1H3. The quantitative estimate of drug-likeness (QED) is 0.710. The Hall–Kier alpha value is -0.220. The van der Waals surface area contributed by atoms with Crippen molar-refractivity contribution in [1.29, 1.82) is 0 Å². The zero-order valence-corrected chi connectivity index (χ0v) is 8.42. The summed E-state index contributed by atoms with van der Waals surface area (Å²) in [6.07, 6.45) is 0.146. The van der Waals surface area contributed by atoms with Crippen molar-refractivity contribution in [3.63, 3.8) is 0 Å². The van der Waals surface area contributed by atoms with Crippen LogP contribution in [0.1, 0.15) is 32.6 Å². The summed E-state index contributed by atoms with van der Waals surface area (Å²) in [7, 11) is 0. The van der Waals surface area contributed by atoms with Crippen LogP contribution in [-0.4, -0.2) is 34.7 Å². The lowest BCUT2D eigenvalue weighted by Gasteiger charge is -2.48. The molecular weight excluding hydrogens is 188 g/mol. The highest BCUT2D eigenvalue weighted by Gasteiger charge is 2.51. The van der Waals surface area contributed by atoms with Crippen LogP contribution in [0.25, 0.3) is 0 Å². The molecule has 0 spiro atoms. The van der Waals surface area contributed by atoms with Gasteiger partial charge < -0.3 is 5.21 Å². The van der Waals surface area contributed by atoms with Gasteiger partial charge in [-0.2, -0.15) is 5.06 Å². The van der Waals surface area contributed by atoms with Gasteiger partial charge in [-0.25, -0.2) is 8.78 Å². The second-order valence-corrected chi connectivity index (χ2v) is 4.63. The Kier molecular flexibility index (Phi) is 2.52. The molecule has 4 atom stereocenters. The first-order valence-corrected chi connectivity index (χ1v) is 5.34. The number of hydrogen-bond donors (Lipinski definition) is 1. The molecule has 4 unspecified atom stereocenters. The minimum absolute atomic E-state index is 0.0237. The van der Waals surface area contributed by atoms with E-state index in [1.807, 2.05) is 6.92 Å². The number of piperidine rings is 1. The van der Waals surface area contributed by atoms with Gasteiger partial charge in [-0.1, -0.05) is 6.92 Å². The molecule has 1 aliphatic carbocycles. The summed E-state index contributed by atoms with van der Waals surface area (Å²) in [6.45, 7) is 2.23. The third-order valence-corrected chi connectivity index (χ3v) is 3.74. The van der Waals surface area contributed by atoms with Gasteiger partial charge in [0.2, 0.25) is 0 Å². The highest BCUT2D eigenvalue weighted by atomic mass is 19.2. The Balaban J connectivity index is 2.18. The number of alkyl halides is 2. The SMILES string of the molecule is CCC1C(F)CC2(F)CCN(O)C1C2. The number of rotatable bonds is 1. The van der Waals surface area contributed by atoms with Crippen LogP contribution in [0.15, 0.2) is 0 Å². The topological polar surface area (TPSA) is 23.5 Å². The van der Waals surface area contributed by atoms with Gasteiger partial charge in [-0.05, 0) is 19.3 Å². The van der Waals surface area contributed by atoms with Crippen LogP contribution >= 0.6 is 0 Å². The van der Waals surface area contributed by atoms with Crippen LogP contribution in [0, 0.1) is 5.92 Å². The average molecular weight is 205 g/mol. The molecule has 2 aliphatic rings. The highest BCUT2D eigenvalue weighted by Crippen LogP contribution is 2.45. The number of hydroxylamine groups is 2. The molecule has 1 aliphatic heterocycles. The maximum Gasteiger partial charge on any atom is 0.116 e.